The molecule has 2 atom stereocenters. The summed E-state index contributed by atoms with van der Waals surface area (Å²) in [6.07, 6.45) is 2.27. The van der Waals surface area contributed by atoms with E-state index in [2.05, 4.69) is 22.6 Å². The highest BCUT2D eigenvalue weighted by Gasteiger charge is 2.36. The Bertz CT molecular complexity index is 712. The number of carbonyl (C=O) groups excluding carboxylic acids is 3. The number of amides is 2. The number of ketones is 1. The number of nitrogens with two attached hydrogens (primary N) is 1. The molecule has 0 radical (unpaired) electrons. The molecule has 154 valence electrons. The summed E-state index contributed by atoms with van der Waals surface area (Å²) < 4.78 is 6.56. The number of hydrogen-bond acceptors (Lipinski definition) is 4. The number of hydrogen-bond donors (Lipinski definition) is 1. The molecule has 2 amide bonds. The second-order valence-electron chi connectivity index (χ2n) is 8.29. The van der Waals surface area contributed by atoms with Crippen LogP contribution in [0.1, 0.15) is 52.0 Å². The molecule has 0 saturated carbocycles. The summed E-state index contributed by atoms with van der Waals surface area (Å²) in [4.78, 5) is 39.0. The smallest absolute Gasteiger partial charge is 0.410 e. The Morgan fingerprint density at radius 1 is 1.21 bits per heavy atom. The van der Waals surface area contributed by atoms with Crippen LogP contribution in [0.5, 0.6) is 0 Å². The monoisotopic (exact) mass is 500 g/mol. The predicted molar refractivity (Wildman–Crippen MR) is 116 cm³/mol. The van der Waals surface area contributed by atoms with Gasteiger partial charge in [0.05, 0.1) is 6.04 Å². The third-order valence-electron chi connectivity index (χ3n) is 4.75. The Morgan fingerprint density at radius 2 is 1.86 bits per heavy atom. The van der Waals surface area contributed by atoms with Crippen LogP contribution in [0.15, 0.2) is 24.3 Å². The first kappa shape index (κ1) is 22.6. The first-order valence-corrected chi connectivity index (χ1v) is 10.7. The van der Waals surface area contributed by atoms with E-state index in [1.807, 2.05) is 24.3 Å². The van der Waals surface area contributed by atoms with Gasteiger partial charge in [0, 0.05) is 22.5 Å². The van der Waals surface area contributed by atoms with Gasteiger partial charge in [-0.3, -0.25) is 14.5 Å². The normalized spacial score (nSPS) is 18.4. The van der Waals surface area contributed by atoms with Crippen molar-refractivity contribution in [2.45, 2.75) is 64.5 Å². The maximum Gasteiger partial charge on any atom is 0.410 e. The molecular weight excluding hydrogens is 471 g/mol. The number of piperidine rings is 1. The highest BCUT2D eigenvalue weighted by molar-refractivity contribution is 14.1. The highest BCUT2D eigenvalue weighted by atomic mass is 127. The molecular formula is C21H29IN2O4. The number of nitrogens with zero attached hydrogens (tertiary/aromatic N) is 1. The van der Waals surface area contributed by atoms with Crippen molar-refractivity contribution in [3.05, 3.63) is 33.4 Å². The van der Waals surface area contributed by atoms with Crippen molar-refractivity contribution in [3.63, 3.8) is 0 Å². The lowest BCUT2D eigenvalue weighted by atomic mass is 9.88. The van der Waals surface area contributed by atoms with E-state index in [1.54, 1.807) is 20.8 Å². The Kier molecular flexibility index (Phi) is 7.86. The quantitative estimate of drug-likeness (QED) is 0.604. The fourth-order valence-corrected chi connectivity index (χ4v) is 3.72. The number of primary amides is 1. The van der Waals surface area contributed by atoms with Gasteiger partial charge in [-0.05, 0) is 86.7 Å². The second kappa shape index (κ2) is 9.71. The topological polar surface area (TPSA) is 89.7 Å². The van der Waals surface area contributed by atoms with Gasteiger partial charge in [-0.25, -0.2) is 4.79 Å². The zero-order chi connectivity index (χ0) is 20.9. The molecule has 0 aliphatic carbocycles. The number of carbonyl (C=O) groups is 3. The van der Waals surface area contributed by atoms with Gasteiger partial charge in [0.1, 0.15) is 5.60 Å². The molecule has 28 heavy (non-hydrogen) atoms. The fourth-order valence-electron chi connectivity index (χ4n) is 3.36. The first-order chi connectivity index (χ1) is 13.1. The molecule has 0 bridgehead atoms. The van der Waals surface area contributed by atoms with E-state index < -0.39 is 29.6 Å². The van der Waals surface area contributed by atoms with Gasteiger partial charge >= 0.3 is 6.09 Å². The third-order valence-corrected chi connectivity index (χ3v) is 5.47. The number of halogens is 1. The molecule has 2 N–H and O–H groups in total. The molecule has 1 saturated heterocycles. The Morgan fingerprint density at radius 3 is 2.43 bits per heavy atom. The summed E-state index contributed by atoms with van der Waals surface area (Å²) in [5.41, 5.74) is 5.91. The lowest BCUT2D eigenvalue weighted by Crippen LogP contribution is -2.50. The fraction of sp³-hybridized carbons (Fsp3) is 0.571. The summed E-state index contributed by atoms with van der Waals surface area (Å²) in [7, 11) is 0. The SMILES string of the molecule is CC(C)(C)OC(=O)N1CCCC[C@H]1C(=O)C[C@@H](Cc1ccc(I)cc1)C(N)=O. The first-order valence-electron chi connectivity index (χ1n) is 9.63. The molecule has 1 aliphatic rings. The number of rotatable bonds is 6. The minimum atomic E-state index is -0.622. The summed E-state index contributed by atoms with van der Waals surface area (Å²) in [6.45, 7) is 5.89. The Hall–Kier alpha value is -1.64. The van der Waals surface area contributed by atoms with E-state index in [1.165, 1.54) is 4.90 Å². The van der Waals surface area contributed by atoms with E-state index in [9.17, 15) is 14.4 Å². The molecule has 1 aromatic rings. The van der Waals surface area contributed by atoms with Crippen LogP contribution in [-0.4, -0.2) is 40.9 Å². The molecule has 1 aliphatic heterocycles. The molecule has 0 unspecified atom stereocenters. The molecule has 2 rings (SSSR count). The lowest BCUT2D eigenvalue weighted by Gasteiger charge is -2.36. The predicted octanol–water partition coefficient (Wildman–Crippen LogP) is 3.68. The lowest BCUT2D eigenvalue weighted by molar-refractivity contribution is -0.130. The van der Waals surface area contributed by atoms with Crippen molar-refractivity contribution in [2.24, 2.45) is 11.7 Å². The van der Waals surface area contributed by atoms with Gasteiger partial charge in [-0.1, -0.05) is 12.1 Å². The Labute approximate surface area is 180 Å². The van der Waals surface area contributed by atoms with E-state index in [-0.39, 0.29) is 12.2 Å². The highest BCUT2D eigenvalue weighted by Crippen LogP contribution is 2.24. The van der Waals surface area contributed by atoms with Gasteiger partial charge in [0.2, 0.25) is 5.91 Å². The van der Waals surface area contributed by atoms with Crippen LogP contribution in [0.4, 0.5) is 4.79 Å². The van der Waals surface area contributed by atoms with Gasteiger partial charge in [-0.2, -0.15) is 0 Å². The van der Waals surface area contributed by atoms with Gasteiger partial charge in [0.25, 0.3) is 0 Å². The maximum absolute atomic E-state index is 13.0. The molecule has 1 heterocycles. The molecule has 0 spiro atoms. The van der Waals surface area contributed by atoms with Crippen LogP contribution in [0.2, 0.25) is 0 Å². The van der Waals surface area contributed by atoms with Gasteiger partial charge in [-0.15, -0.1) is 0 Å². The van der Waals surface area contributed by atoms with Crippen molar-refractivity contribution >= 4 is 40.4 Å². The van der Waals surface area contributed by atoms with E-state index in [4.69, 9.17) is 10.5 Å². The number of benzene rings is 1. The summed E-state index contributed by atoms with van der Waals surface area (Å²) >= 11 is 2.21. The summed E-state index contributed by atoms with van der Waals surface area (Å²) in [5.74, 6) is -1.21. The molecule has 0 aromatic heterocycles. The molecule has 1 aromatic carbocycles. The van der Waals surface area contributed by atoms with Crippen molar-refractivity contribution < 1.29 is 19.1 Å². The van der Waals surface area contributed by atoms with E-state index >= 15 is 0 Å². The van der Waals surface area contributed by atoms with Crippen LogP contribution in [0.3, 0.4) is 0 Å². The van der Waals surface area contributed by atoms with Crippen molar-refractivity contribution in [1.82, 2.24) is 4.90 Å². The van der Waals surface area contributed by atoms with Gasteiger partial charge in [0.15, 0.2) is 5.78 Å². The largest absolute Gasteiger partial charge is 0.444 e. The summed E-state index contributed by atoms with van der Waals surface area (Å²) in [6, 6.07) is 7.25. The third kappa shape index (κ3) is 6.76. The standard InChI is InChI=1S/C21H29IN2O4/c1-21(2,3)28-20(27)24-11-5-4-6-17(24)18(25)13-15(19(23)26)12-14-7-9-16(22)10-8-14/h7-10,15,17H,4-6,11-13H2,1-3H3,(H2,23,26)/t15-,17+/m1/s1. The van der Waals surface area contributed by atoms with E-state index in [0.29, 0.717) is 19.4 Å². The van der Waals surface area contributed by atoms with Crippen molar-refractivity contribution in [1.29, 1.82) is 0 Å². The zero-order valence-corrected chi connectivity index (χ0v) is 18.9. The van der Waals surface area contributed by atoms with Gasteiger partial charge < -0.3 is 10.5 Å². The van der Waals surface area contributed by atoms with Crippen LogP contribution in [-0.2, 0) is 20.7 Å². The second-order valence-corrected chi connectivity index (χ2v) is 9.53. The van der Waals surface area contributed by atoms with Crippen LogP contribution in [0.25, 0.3) is 0 Å². The number of ether oxygens (including phenoxy) is 1. The average molecular weight is 500 g/mol. The van der Waals surface area contributed by atoms with Crippen molar-refractivity contribution in [2.75, 3.05) is 6.54 Å². The van der Waals surface area contributed by atoms with Crippen LogP contribution >= 0.6 is 22.6 Å². The average Bonchev–Trinajstić information content (AvgIpc) is 2.61. The molecule has 6 nitrogen and oxygen atoms in total. The van der Waals surface area contributed by atoms with Crippen molar-refractivity contribution in [3.8, 4) is 0 Å². The summed E-state index contributed by atoms with van der Waals surface area (Å²) in [5, 5.41) is 0. The maximum atomic E-state index is 13.0. The van der Waals surface area contributed by atoms with E-state index in [0.717, 1.165) is 22.0 Å². The minimum Gasteiger partial charge on any atom is -0.444 e. The zero-order valence-electron chi connectivity index (χ0n) is 16.7. The van der Waals surface area contributed by atoms with Crippen LogP contribution < -0.4 is 5.73 Å². The number of likely N-dealkylation sites (tertiary alicyclic amines) is 1. The Balaban J connectivity index is 2.08. The number of Topliss-reactive ketones (excluding diaryl/α,β-unsaturated/α-hetero) is 1. The molecule has 7 heteroatoms. The molecule has 1 fully saturated rings. The van der Waals surface area contributed by atoms with Crippen LogP contribution in [0, 0.1) is 9.49 Å². The minimum absolute atomic E-state index is 0.0330.